The molecule has 0 unspecified atom stereocenters. The third-order valence-corrected chi connectivity index (χ3v) is 3.91. The lowest BCUT2D eigenvalue weighted by atomic mass is 10.3. The molecule has 4 N–H and O–H groups in total. The van der Waals surface area contributed by atoms with Crippen molar-refractivity contribution < 1.29 is 8.42 Å². The molecular weight excluding hydrogens is 224 g/mol. The van der Waals surface area contributed by atoms with Gasteiger partial charge in [0.05, 0.1) is 16.3 Å². The number of anilines is 2. The van der Waals surface area contributed by atoms with Crippen LogP contribution >= 0.6 is 11.6 Å². The van der Waals surface area contributed by atoms with E-state index in [9.17, 15) is 8.42 Å². The predicted octanol–water partition coefficient (Wildman–Crippen LogP) is 0.864. The van der Waals surface area contributed by atoms with Crippen molar-refractivity contribution in [2.24, 2.45) is 0 Å². The van der Waals surface area contributed by atoms with Gasteiger partial charge in [-0.05, 0) is 18.2 Å². The second-order valence-electron chi connectivity index (χ2n) is 2.81. The molecule has 0 aliphatic rings. The van der Waals surface area contributed by atoms with Gasteiger partial charge in [-0.1, -0.05) is 0 Å². The van der Waals surface area contributed by atoms with E-state index >= 15 is 0 Å². The van der Waals surface area contributed by atoms with Crippen LogP contribution in [0.3, 0.4) is 0 Å². The van der Waals surface area contributed by atoms with Crippen molar-refractivity contribution in [3.05, 3.63) is 18.2 Å². The molecule has 0 saturated carbocycles. The topological polar surface area (TPSA) is 86.2 Å². The van der Waals surface area contributed by atoms with E-state index in [4.69, 9.17) is 23.1 Å². The van der Waals surface area contributed by atoms with E-state index in [1.54, 1.807) is 0 Å². The highest BCUT2D eigenvalue weighted by atomic mass is 35.5. The van der Waals surface area contributed by atoms with Crippen molar-refractivity contribution in [1.29, 1.82) is 0 Å². The molecule has 4 nitrogen and oxygen atoms in total. The fourth-order valence-corrected chi connectivity index (χ4v) is 2.79. The minimum absolute atomic E-state index is 0.0478. The molecule has 0 radical (unpaired) electrons. The fraction of sp³-hybridized carbons (Fsp3) is 0.250. The standard InChI is InChI=1S/C8H11ClN2O2S/c9-3-4-14(12,13)8-2-1-6(10)5-7(8)11/h1-2,5H,3-4,10-11H2. The number of rotatable bonds is 3. The Morgan fingerprint density at radius 1 is 1.29 bits per heavy atom. The Morgan fingerprint density at radius 2 is 1.93 bits per heavy atom. The van der Waals surface area contributed by atoms with Gasteiger partial charge >= 0.3 is 0 Å². The van der Waals surface area contributed by atoms with Crippen LogP contribution in [0.15, 0.2) is 23.1 Å². The molecule has 1 aromatic carbocycles. The Labute approximate surface area is 87.8 Å². The van der Waals surface area contributed by atoms with E-state index in [0.717, 1.165) is 0 Å². The normalized spacial score (nSPS) is 11.5. The van der Waals surface area contributed by atoms with Crippen LogP contribution < -0.4 is 11.5 Å². The molecular formula is C8H11ClN2O2S. The second kappa shape index (κ2) is 4.06. The van der Waals surface area contributed by atoms with Crippen molar-refractivity contribution >= 4 is 32.8 Å². The maximum Gasteiger partial charge on any atom is 0.181 e. The van der Waals surface area contributed by atoms with Crippen molar-refractivity contribution in [1.82, 2.24) is 0 Å². The summed E-state index contributed by atoms with van der Waals surface area (Å²) in [6, 6.07) is 4.31. The summed E-state index contributed by atoms with van der Waals surface area (Å²) < 4.78 is 23.1. The van der Waals surface area contributed by atoms with E-state index in [0.29, 0.717) is 5.69 Å². The Hall–Kier alpha value is -0.940. The van der Waals surface area contributed by atoms with E-state index in [1.165, 1.54) is 18.2 Å². The van der Waals surface area contributed by atoms with Crippen molar-refractivity contribution in [3.8, 4) is 0 Å². The minimum atomic E-state index is -3.37. The van der Waals surface area contributed by atoms with Crippen LogP contribution in [0.4, 0.5) is 11.4 Å². The van der Waals surface area contributed by atoms with Gasteiger partial charge in [-0.15, -0.1) is 11.6 Å². The molecule has 0 spiro atoms. The molecule has 0 bridgehead atoms. The van der Waals surface area contributed by atoms with Crippen LogP contribution in [0.25, 0.3) is 0 Å². The summed E-state index contributed by atoms with van der Waals surface area (Å²) in [4.78, 5) is 0.0901. The van der Waals surface area contributed by atoms with Crippen LogP contribution in [-0.4, -0.2) is 20.1 Å². The molecule has 0 amide bonds. The van der Waals surface area contributed by atoms with E-state index < -0.39 is 9.84 Å². The Kier molecular flexibility index (Phi) is 3.23. The zero-order valence-electron chi connectivity index (χ0n) is 7.40. The number of alkyl halides is 1. The molecule has 0 atom stereocenters. The van der Waals surface area contributed by atoms with Gasteiger partial charge in [0, 0.05) is 11.6 Å². The summed E-state index contributed by atoms with van der Waals surface area (Å²) in [5.41, 5.74) is 11.6. The van der Waals surface area contributed by atoms with Crippen molar-refractivity contribution in [2.75, 3.05) is 23.1 Å². The number of halogens is 1. The van der Waals surface area contributed by atoms with Gasteiger partial charge in [0.1, 0.15) is 0 Å². The first-order valence-corrected chi connectivity index (χ1v) is 6.10. The van der Waals surface area contributed by atoms with Gasteiger partial charge in [-0.2, -0.15) is 0 Å². The fourth-order valence-electron chi connectivity index (χ4n) is 1.06. The van der Waals surface area contributed by atoms with Crippen LogP contribution in [0.5, 0.6) is 0 Å². The van der Waals surface area contributed by atoms with Crippen molar-refractivity contribution in [2.45, 2.75) is 4.90 Å². The Balaban J connectivity index is 3.20. The monoisotopic (exact) mass is 234 g/mol. The van der Waals surface area contributed by atoms with Gasteiger partial charge in [0.25, 0.3) is 0 Å². The zero-order valence-corrected chi connectivity index (χ0v) is 8.98. The average molecular weight is 235 g/mol. The Morgan fingerprint density at radius 3 is 2.43 bits per heavy atom. The molecule has 0 aliphatic heterocycles. The molecule has 14 heavy (non-hydrogen) atoms. The lowest BCUT2D eigenvalue weighted by molar-refractivity contribution is 0.598. The zero-order chi connectivity index (χ0) is 10.8. The molecule has 0 saturated heterocycles. The van der Waals surface area contributed by atoms with Gasteiger partial charge in [0.2, 0.25) is 0 Å². The summed E-state index contributed by atoms with van der Waals surface area (Å²) in [5, 5.41) is 0. The maximum atomic E-state index is 11.6. The summed E-state index contributed by atoms with van der Waals surface area (Å²) >= 11 is 5.37. The number of sulfone groups is 1. The second-order valence-corrected chi connectivity index (χ2v) is 5.26. The van der Waals surface area contributed by atoms with Crippen molar-refractivity contribution in [3.63, 3.8) is 0 Å². The molecule has 0 fully saturated rings. The van der Waals surface area contributed by atoms with Crippen LogP contribution in [0.2, 0.25) is 0 Å². The van der Waals surface area contributed by atoms with Gasteiger partial charge in [0.15, 0.2) is 9.84 Å². The van der Waals surface area contributed by atoms with E-state index in [2.05, 4.69) is 0 Å². The number of hydrogen-bond acceptors (Lipinski definition) is 4. The molecule has 0 aliphatic carbocycles. The van der Waals surface area contributed by atoms with E-state index in [1.807, 2.05) is 0 Å². The third kappa shape index (κ3) is 2.30. The summed E-state index contributed by atoms with van der Waals surface area (Å²) in [5.74, 6) is -0.0746. The molecule has 1 rings (SSSR count). The number of benzene rings is 1. The Bertz CT molecular complexity index is 431. The summed E-state index contributed by atoms with van der Waals surface area (Å²) in [6.07, 6.45) is 0. The third-order valence-electron chi connectivity index (χ3n) is 1.71. The molecule has 6 heteroatoms. The van der Waals surface area contributed by atoms with Gasteiger partial charge in [-0.25, -0.2) is 8.42 Å². The molecule has 0 aromatic heterocycles. The van der Waals surface area contributed by atoms with Gasteiger partial charge < -0.3 is 11.5 Å². The quantitative estimate of drug-likeness (QED) is 0.600. The van der Waals surface area contributed by atoms with Gasteiger partial charge in [-0.3, -0.25) is 0 Å². The number of nitrogens with two attached hydrogens (primary N) is 2. The molecule has 78 valence electrons. The van der Waals surface area contributed by atoms with Crippen LogP contribution in [0.1, 0.15) is 0 Å². The molecule has 1 aromatic rings. The first kappa shape index (κ1) is 11.1. The highest BCUT2D eigenvalue weighted by Crippen LogP contribution is 2.21. The first-order valence-electron chi connectivity index (χ1n) is 3.91. The number of hydrogen-bond donors (Lipinski definition) is 2. The lowest BCUT2D eigenvalue weighted by Gasteiger charge is -2.06. The highest BCUT2D eigenvalue weighted by Gasteiger charge is 2.16. The lowest BCUT2D eigenvalue weighted by Crippen LogP contribution is -2.10. The van der Waals surface area contributed by atoms with E-state index in [-0.39, 0.29) is 22.2 Å². The maximum absolute atomic E-state index is 11.6. The summed E-state index contributed by atoms with van der Waals surface area (Å²) in [6.45, 7) is 0. The van der Waals surface area contributed by atoms with Crippen LogP contribution in [-0.2, 0) is 9.84 Å². The predicted molar refractivity (Wildman–Crippen MR) is 58.0 cm³/mol. The highest BCUT2D eigenvalue weighted by molar-refractivity contribution is 7.91. The summed E-state index contributed by atoms with van der Waals surface area (Å²) in [7, 11) is -3.37. The van der Waals surface area contributed by atoms with Crippen LogP contribution in [0, 0.1) is 0 Å². The minimum Gasteiger partial charge on any atom is -0.399 e. The molecule has 0 heterocycles. The average Bonchev–Trinajstić information content (AvgIpc) is 2.02. The first-order chi connectivity index (χ1) is 6.47. The largest absolute Gasteiger partial charge is 0.399 e. The smallest absolute Gasteiger partial charge is 0.181 e. The SMILES string of the molecule is Nc1ccc(S(=O)(=O)CCCl)c(N)c1. The number of nitrogen functional groups attached to an aromatic ring is 2.